The fraction of sp³-hybridized carbons (Fsp3) is 0.400. The molecule has 2 heterocycles. The standard InChI is InChI=1S/C20H22ClN3O4/c1-3-28-20(27)19-16-12-23(18(26)9-4-13(2)25)11-10-17(16)24(22-19)15-7-5-14(21)6-8-15/h5-8H,3-4,9-12H2,1-2H3. The molecule has 0 unspecified atom stereocenters. The van der Waals surface area contributed by atoms with Crippen molar-refractivity contribution in [2.24, 2.45) is 0 Å². The Bertz CT molecular complexity index is 905. The van der Waals surface area contributed by atoms with Gasteiger partial charge < -0.3 is 14.4 Å². The van der Waals surface area contributed by atoms with Crippen LogP contribution in [0.1, 0.15) is 48.4 Å². The summed E-state index contributed by atoms with van der Waals surface area (Å²) in [6.45, 7) is 4.22. The summed E-state index contributed by atoms with van der Waals surface area (Å²) in [5, 5.41) is 5.09. The van der Waals surface area contributed by atoms with Gasteiger partial charge in [-0.15, -0.1) is 0 Å². The van der Waals surface area contributed by atoms with Crippen LogP contribution in [0.4, 0.5) is 0 Å². The van der Waals surface area contributed by atoms with Crippen molar-refractivity contribution in [2.75, 3.05) is 13.2 Å². The third kappa shape index (κ3) is 4.25. The summed E-state index contributed by atoms with van der Waals surface area (Å²) in [6, 6.07) is 7.18. The molecule has 8 heteroatoms. The molecule has 0 N–H and O–H groups in total. The Morgan fingerprint density at radius 1 is 1.18 bits per heavy atom. The second-order valence-corrected chi connectivity index (χ2v) is 7.09. The van der Waals surface area contributed by atoms with Crippen LogP contribution in [-0.4, -0.2) is 45.5 Å². The van der Waals surface area contributed by atoms with Crippen molar-refractivity contribution in [1.29, 1.82) is 0 Å². The number of rotatable bonds is 6. The van der Waals surface area contributed by atoms with Crippen molar-refractivity contribution in [3.05, 3.63) is 46.2 Å². The lowest BCUT2D eigenvalue weighted by Crippen LogP contribution is -2.36. The number of benzene rings is 1. The molecule has 0 atom stereocenters. The molecule has 28 heavy (non-hydrogen) atoms. The molecule has 0 aliphatic carbocycles. The minimum absolute atomic E-state index is 0.0196. The smallest absolute Gasteiger partial charge is 0.359 e. The molecule has 1 aliphatic rings. The Hall–Kier alpha value is -2.67. The molecule has 3 rings (SSSR count). The van der Waals surface area contributed by atoms with Crippen molar-refractivity contribution in [3.63, 3.8) is 0 Å². The van der Waals surface area contributed by atoms with E-state index in [-0.39, 0.29) is 43.4 Å². The Morgan fingerprint density at radius 3 is 2.54 bits per heavy atom. The normalized spacial score (nSPS) is 13.2. The molecule has 1 aromatic carbocycles. The van der Waals surface area contributed by atoms with Gasteiger partial charge in [-0.1, -0.05) is 11.6 Å². The monoisotopic (exact) mass is 403 g/mol. The van der Waals surface area contributed by atoms with E-state index >= 15 is 0 Å². The van der Waals surface area contributed by atoms with E-state index in [1.165, 1.54) is 6.92 Å². The van der Waals surface area contributed by atoms with E-state index in [0.29, 0.717) is 23.6 Å². The first-order chi connectivity index (χ1) is 13.4. The Labute approximate surface area is 168 Å². The van der Waals surface area contributed by atoms with Crippen LogP contribution in [0.5, 0.6) is 0 Å². The number of fused-ring (bicyclic) bond motifs is 1. The first-order valence-corrected chi connectivity index (χ1v) is 9.59. The molecule has 0 radical (unpaired) electrons. The molecule has 7 nitrogen and oxygen atoms in total. The van der Waals surface area contributed by atoms with Gasteiger partial charge in [0.1, 0.15) is 5.78 Å². The van der Waals surface area contributed by atoms with Crippen LogP contribution in [0.15, 0.2) is 24.3 Å². The maximum absolute atomic E-state index is 12.4. The molecule has 0 bridgehead atoms. The summed E-state index contributed by atoms with van der Waals surface area (Å²) in [6.07, 6.45) is 0.942. The minimum Gasteiger partial charge on any atom is -0.461 e. The number of nitrogens with zero attached hydrogens (tertiary/aromatic N) is 3. The average Bonchev–Trinajstić information content (AvgIpc) is 3.06. The van der Waals surface area contributed by atoms with Crippen molar-refractivity contribution in [2.45, 2.75) is 39.7 Å². The van der Waals surface area contributed by atoms with Crippen molar-refractivity contribution in [3.8, 4) is 5.69 Å². The Kier molecular flexibility index (Phi) is 6.14. The number of Topliss-reactive ketones (excluding diaryl/α,β-unsaturated/α-hetero) is 1. The maximum atomic E-state index is 12.4. The van der Waals surface area contributed by atoms with E-state index < -0.39 is 5.97 Å². The van der Waals surface area contributed by atoms with Crippen molar-refractivity contribution >= 4 is 29.3 Å². The number of hydrogen-bond acceptors (Lipinski definition) is 5. The van der Waals surface area contributed by atoms with Crippen LogP contribution in [-0.2, 0) is 27.3 Å². The SMILES string of the molecule is CCOC(=O)c1nn(-c2ccc(Cl)cc2)c2c1CN(C(=O)CCC(C)=O)CC2. The number of carbonyl (C=O) groups excluding carboxylic acids is 3. The number of ketones is 1. The molecule has 2 aromatic rings. The maximum Gasteiger partial charge on any atom is 0.359 e. The Morgan fingerprint density at radius 2 is 1.89 bits per heavy atom. The highest BCUT2D eigenvalue weighted by Gasteiger charge is 2.31. The molecular weight excluding hydrogens is 382 g/mol. The highest BCUT2D eigenvalue weighted by molar-refractivity contribution is 6.30. The molecule has 0 saturated heterocycles. The van der Waals surface area contributed by atoms with Crippen LogP contribution in [0.2, 0.25) is 5.02 Å². The number of halogens is 1. The highest BCUT2D eigenvalue weighted by atomic mass is 35.5. The molecule has 0 spiro atoms. The molecule has 1 aromatic heterocycles. The summed E-state index contributed by atoms with van der Waals surface area (Å²) in [7, 11) is 0. The third-order valence-corrected chi connectivity index (χ3v) is 4.89. The first-order valence-electron chi connectivity index (χ1n) is 9.21. The van der Waals surface area contributed by atoms with Crippen molar-refractivity contribution < 1.29 is 19.1 Å². The first kappa shape index (κ1) is 20.1. The zero-order chi connectivity index (χ0) is 20.3. The van der Waals surface area contributed by atoms with Gasteiger partial charge in [0.25, 0.3) is 0 Å². The van der Waals surface area contributed by atoms with Crippen LogP contribution in [0, 0.1) is 0 Å². The zero-order valence-corrected chi connectivity index (χ0v) is 16.7. The predicted molar refractivity (Wildman–Crippen MR) is 104 cm³/mol. The van der Waals surface area contributed by atoms with E-state index in [0.717, 1.165) is 11.4 Å². The third-order valence-electron chi connectivity index (χ3n) is 4.64. The van der Waals surface area contributed by atoms with Crippen LogP contribution < -0.4 is 0 Å². The van der Waals surface area contributed by atoms with Crippen LogP contribution in [0.3, 0.4) is 0 Å². The molecule has 1 amide bonds. The Balaban J connectivity index is 1.94. The number of aromatic nitrogens is 2. The van der Waals surface area contributed by atoms with E-state index in [2.05, 4.69) is 5.10 Å². The summed E-state index contributed by atoms with van der Waals surface area (Å²) in [5.74, 6) is -0.631. The quantitative estimate of drug-likeness (QED) is 0.692. The summed E-state index contributed by atoms with van der Waals surface area (Å²) >= 11 is 5.97. The number of hydrogen-bond donors (Lipinski definition) is 0. The number of carbonyl (C=O) groups is 3. The van der Waals surface area contributed by atoms with Gasteiger partial charge in [0.05, 0.1) is 18.0 Å². The zero-order valence-electron chi connectivity index (χ0n) is 15.9. The van der Waals surface area contributed by atoms with Gasteiger partial charge in [-0.2, -0.15) is 5.10 Å². The fourth-order valence-corrected chi connectivity index (χ4v) is 3.36. The lowest BCUT2D eigenvalue weighted by atomic mass is 10.0. The molecule has 1 aliphatic heterocycles. The number of amides is 1. The van der Waals surface area contributed by atoms with Gasteiger partial charge in [0, 0.05) is 42.9 Å². The second-order valence-electron chi connectivity index (χ2n) is 6.65. The fourth-order valence-electron chi connectivity index (χ4n) is 3.23. The van der Waals surface area contributed by atoms with Crippen LogP contribution in [0.25, 0.3) is 5.69 Å². The van der Waals surface area contributed by atoms with Gasteiger partial charge in [0.2, 0.25) is 5.91 Å². The van der Waals surface area contributed by atoms with E-state index in [9.17, 15) is 14.4 Å². The summed E-state index contributed by atoms with van der Waals surface area (Å²) < 4.78 is 6.87. The average molecular weight is 404 g/mol. The predicted octanol–water partition coefficient (Wildman–Crippen LogP) is 2.96. The van der Waals surface area contributed by atoms with Gasteiger partial charge in [-0.05, 0) is 38.1 Å². The van der Waals surface area contributed by atoms with Gasteiger partial charge in [-0.25, -0.2) is 9.48 Å². The topological polar surface area (TPSA) is 81.5 Å². The molecule has 148 valence electrons. The minimum atomic E-state index is -0.510. The van der Waals surface area contributed by atoms with Gasteiger partial charge >= 0.3 is 5.97 Å². The highest BCUT2D eigenvalue weighted by Crippen LogP contribution is 2.27. The molecular formula is C20H22ClN3O4. The van der Waals surface area contributed by atoms with Gasteiger partial charge in [0.15, 0.2) is 5.69 Å². The second kappa shape index (κ2) is 8.56. The molecule has 0 fully saturated rings. The summed E-state index contributed by atoms with van der Waals surface area (Å²) in [5.41, 5.74) is 2.57. The van der Waals surface area contributed by atoms with E-state index in [1.807, 2.05) is 12.1 Å². The lowest BCUT2D eigenvalue weighted by Gasteiger charge is -2.27. The van der Waals surface area contributed by atoms with Crippen LogP contribution >= 0.6 is 11.6 Å². The largest absolute Gasteiger partial charge is 0.461 e. The van der Waals surface area contributed by atoms with Gasteiger partial charge in [-0.3, -0.25) is 4.79 Å². The number of esters is 1. The summed E-state index contributed by atoms with van der Waals surface area (Å²) in [4.78, 5) is 37.7. The molecule has 0 saturated carbocycles. The number of ether oxygens (including phenoxy) is 1. The van der Waals surface area contributed by atoms with E-state index in [4.69, 9.17) is 16.3 Å². The van der Waals surface area contributed by atoms with E-state index in [1.54, 1.807) is 28.6 Å². The van der Waals surface area contributed by atoms with Crippen molar-refractivity contribution in [1.82, 2.24) is 14.7 Å². The lowest BCUT2D eigenvalue weighted by molar-refractivity contribution is -0.133.